The van der Waals surface area contributed by atoms with Gasteiger partial charge >= 0.3 is 0 Å². The van der Waals surface area contributed by atoms with Gasteiger partial charge in [-0.3, -0.25) is 4.79 Å². The highest BCUT2D eigenvalue weighted by Crippen LogP contribution is 2.34. The lowest BCUT2D eigenvalue weighted by Crippen LogP contribution is -2.33. The van der Waals surface area contributed by atoms with E-state index < -0.39 is 0 Å². The minimum absolute atomic E-state index is 0.0797. The number of hydrogen-bond acceptors (Lipinski definition) is 4. The van der Waals surface area contributed by atoms with Crippen molar-refractivity contribution in [3.05, 3.63) is 22.6 Å². The molecule has 0 aromatic carbocycles. The Hall–Kier alpha value is -0.810. The summed E-state index contributed by atoms with van der Waals surface area (Å²) in [6.45, 7) is 3.13. The molecule has 1 heterocycles. The van der Waals surface area contributed by atoms with Crippen molar-refractivity contribution in [1.82, 2.24) is 15.3 Å². The molecule has 88 valence electrons. The maximum Gasteiger partial charge on any atom is 0.251 e. The number of nitrogens with one attached hydrogen (secondary N) is 2. The molecule has 4 nitrogen and oxygen atoms in total. The Balaban J connectivity index is 1.87. The molecular formula is C11H17N3OS. The molecule has 0 radical (unpaired) electrons. The van der Waals surface area contributed by atoms with Gasteiger partial charge in [0.15, 0.2) is 5.16 Å². The van der Waals surface area contributed by atoms with Gasteiger partial charge in [-0.05, 0) is 25.3 Å². The van der Waals surface area contributed by atoms with Crippen molar-refractivity contribution in [3.8, 4) is 0 Å². The van der Waals surface area contributed by atoms with E-state index in [4.69, 9.17) is 0 Å². The lowest BCUT2D eigenvalue weighted by atomic mass is 10.2. The van der Waals surface area contributed by atoms with Crippen LogP contribution >= 0.6 is 11.8 Å². The molecule has 1 aliphatic carbocycles. The van der Waals surface area contributed by atoms with E-state index in [9.17, 15) is 4.79 Å². The summed E-state index contributed by atoms with van der Waals surface area (Å²) >= 11 is 1.62. The van der Waals surface area contributed by atoms with Crippen LogP contribution in [-0.2, 0) is 0 Å². The molecule has 5 heteroatoms. The number of thioether (sulfide) groups is 1. The van der Waals surface area contributed by atoms with Gasteiger partial charge in [0.25, 0.3) is 5.56 Å². The van der Waals surface area contributed by atoms with Crippen LogP contribution in [0.2, 0.25) is 0 Å². The third kappa shape index (κ3) is 3.35. The van der Waals surface area contributed by atoms with Gasteiger partial charge in [0, 0.05) is 24.1 Å². The quantitative estimate of drug-likeness (QED) is 0.579. The van der Waals surface area contributed by atoms with E-state index in [2.05, 4.69) is 22.2 Å². The first-order valence-corrected chi connectivity index (χ1v) is 6.69. The van der Waals surface area contributed by atoms with Crippen molar-refractivity contribution in [2.24, 2.45) is 5.92 Å². The standard InChI is InChI=1S/C11H17N3OS/c1-2-12-9(8-3-4-8)7-16-11-13-6-5-10(15)14-11/h5-6,8-9,12H,2-4,7H2,1H3,(H,13,14,15). The number of rotatable bonds is 6. The largest absolute Gasteiger partial charge is 0.313 e. The fourth-order valence-corrected chi connectivity index (χ4v) is 2.75. The zero-order chi connectivity index (χ0) is 11.4. The minimum atomic E-state index is -0.0797. The molecule has 1 unspecified atom stereocenters. The van der Waals surface area contributed by atoms with Crippen LogP contribution in [0.25, 0.3) is 0 Å². The van der Waals surface area contributed by atoms with Gasteiger partial charge in [-0.15, -0.1) is 0 Å². The van der Waals surface area contributed by atoms with Gasteiger partial charge in [0.05, 0.1) is 0 Å². The van der Waals surface area contributed by atoms with E-state index >= 15 is 0 Å². The number of aromatic amines is 1. The van der Waals surface area contributed by atoms with Gasteiger partial charge in [-0.25, -0.2) is 4.98 Å². The predicted octanol–water partition coefficient (Wildman–Crippen LogP) is 1.25. The molecule has 0 bridgehead atoms. The van der Waals surface area contributed by atoms with Gasteiger partial charge in [-0.2, -0.15) is 0 Å². The Labute approximate surface area is 99.3 Å². The number of hydrogen-bond donors (Lipinski definition) is 2. The average Bonchev–Trinajstić information content (AvgIpc) is 3.08. The van der Waals surface area contributed by atoms with Crippen LogP contribution in [0.15, 0.2) is 22.2 Å². The topological polar surface area (TPSA) is 57.8 Å². The van der Waals surface area contributed by atoms with Gasteiger partial charge in [0.2, 0.25) is 0 Å². The molecule has 1 fully saturated rings. The first-order chi connectivity index (χ1) is 7.79. The van der Waals surface area contributed by atoms with E-state index in [0.717, 1.165) is 23.4 Å². The van der Waals surface area contributed by atoms with E-state index in [1.165, 1.54) is 18.9 Å². The van der Waals surface area contributed by atoms with Gasteiger partial charge < -0.3 is 10.3 Å². The highest BCUT2D eigenvalue weighted by molar-refractivity contribution is 7.99. The first kappa shape index (κ1) is 11.7. The van der Waals surface area contributed by atoms with Crippen LogP contribution in [0.4, 0.5) is 0 Å². The molecule has 1 saturated carbocycles. The fourth-order valence-electron chi connectivity index (χ4n) is 1.72. The summed E-state index contributed by atoms with van der Waals surface area (Å²) in [5, 5.41) is 4.21. The molecule has 16 heavy (non-hydrogen) atoms. The Morgan fingerprint density at radius 1 is 1.69 bits per heavy atom. The van der Waals surface area contributed by atoms with Crippen LogP contribution in [0.1, 0.15) is 19.8 Å². The van der Waals surface area contributed by atoms with Crippen molar-refractivity contribution in [1.29, 1.82) is 0 Å². The third-order valence-corrected chi connectivity index (χ3v) is 3.71. The molecular weight excluding hydrogens is 222 g/mol. The predicted molar refractivity (Wildman–Crippen MR) is 65.8 cm³/mol. The van der Waals surface area contributed by atoms with Crippen LogP contribution in [0.5, 0.6) is 0 Å². The zero-order valence-corrected chi connectivity index (χ0v) is 10.2. The molecule has 0 spiro atoms. The number of aromatic nitrogens is 2. The average molecular weight is 239 g/mol. The second kappa shape index (κ2) is 5.50. The molecule has 0 saturated heterocycles. The lowest BCUT2D eigenvalue weighted by Gasteiger charge is -2.15. The van der Waals surface area contributed by atoms with Gasteiger partial charge in [-0.1, -0.05) is 18.7 Å². The highest BCUT2D eigenvalue weighted by Gasteiger charge is 2.30. The molecule has 2 rings (SSSR count). The summed E-state index contributed by atoms with van der Waals surface area (Å²) in [5.41, 5.74) is -0.0797. The molecule has 1 aliphatic rings. The molecule has 1 aromatic heterocycles. The Morgan fingerprint density at radius 3 is 3.12 bits per heavy atom. The maximum absolute atomic E-state index is 11.1. The third-order valence-electron chi connectivity index (χ3n) is 2.70. The van der Waals surface area contributed by atoms with Crippen molar-refractivity contribution < 1.29 is 0 Å². The molecule has 0 aliphatic heterocycles. The van der Waals surface area contributed by atoms with Crippen molar-refractivity contribution in [2.75, 3.05) is 12.3 Å². The van der Waals surface area contributed by atoms with Crippen LogP contribution < -0.4 is 10.9 Å². The van der Waals surface area contributed by atoms with Crippen LogP contribution in [-0.4, -0.2) is 28.3 Å². The monoisotopic (exact) mass is 239 g/mol. The summed E-state index contributed by atoms with van der Waals surface area (Å²) < 4.78 is 0. The number of nitrogens with zero attached hydrogens (tertiary/aromatic N) is 1. The van der Waals surface area contributed by atoms with Crippen LogP contribution in [0.3, 0.4) is 0 Å². The highest BCUT2D eigenvalue weighted by atomic mass is 32.2. The van der Waals surface area contributed by atoms with E-state index in [-0.39, 0.29) is 5.56 Å². The second-order valence-corrected chi connectivity index (χ2v) is 5.06. The lowest BCUT2D eigenvalue weighted by molar-refractivity contribution is 0.519. The SMILES string of the molecule is CCNC(CSc1nccc(=O)[nH]1)C1CC1. The zero-order valence-electron chi connectivity index (χ0n) is 9.40. The van der Waals surface area contributed by atoms with Crippen molar-refractivity contribution >= 4 is 11.8 Å². The van der Waals surface area contributed by atoms with E-state index in [0.29, 0.717) is 6.04 Å². The molecule has 0 amide bonds. The molecule has 1 atom stereocenters. The summed E-state index contributed by atoms with van der Waals surface area (Å²) in [6, 6.07) is 1.99. The summed E-state index contributed by atoms with van der Waals surface area (Å²) in [6.07, 6.45) is 4.22. The summed E-state index contributed by atoms with van der Waals surface area (Å²) in [7, 11) is 0. The molecule has 1 aromatic rings. The molecule has 2 N–H and O–H groups in total. The summed E-state index contributed by atoms with van der Waals surface area (Å²) in [5.74, 6) is 1.80. The van der Waals surface area contributed by atoms with E-state index in [1.54, 1.807) is 18.0 Å². The fraction of sp³-hybridized carbons (Fsp3) is 0.636. The Kier molecular flexibility index (Phi) is 4.01. The summed E-state index contributed by atoms with van der Waals surface area (Å²) in [4.78, 5) is 17.9. The normalized spacial score (nSPS) is 17.3. The Bertz CT molecular complexity index is 389. The minimum Gasteiger partial charge on any atom is -0.313 e. The Morgan fingerprint density at radius 2 is 2.50 bits per heavy atom. The first-order valence-electron chi connectivity index (χ1n) is 5.71. The number of H-pyrrole nitrogens is 1. The van der Waals surface area contributed by atoms with Crippen molar-refractivity contribution in [3.63, 3.8) is 0 Å². The van der Waals surface area contributed by atoms with E-state index in [1.807, 2.05) is 0 Å². The second-order valence-electron chi connectivity index (χ2n) is 4.05. The van der Waals surface area contributed by atoms with Crippen molar-refractivity contribution in [2.45, 2.75) is 31.0 Å². The van der Waals surface area contributed by atoms with Gasteiger partial charge in [0.1, 0.15) is 0 Å². The smallest absolute Gasteiger partial charge is 0.251 e. The maximum atomic E-state index is 11.1. The van der Waals surface area contributed by atoms with Crippen LogP contribution in [0, 0.1) is 5.92 Å².